The van der Waals surface area contributed by atoms with Gasteiger partial charge in [-0.1, -0.05) is 66.8 Å². The summed E-state index contributed by atoms with van der Waals surface area (Å²) in [7, 11) is 0. The summed E-state index contributed by atoms with van der Waals surface area (Å²) in [6, 6.07) is 17.2. The van der Waals surface area contributed by atoms with E-state index < -0.39 is 0 Å². The molecular weight excluding hydrogens is 390 g/mol. The first-order valence-corrected chi connectivity index (χ1v) is 11.4. The monoisotopic (exact) mass is 423 g/mol. The number of hydrogen-bond donors (Lipinski definition) is 3. The number of aromatic amines is 1. The van der Waals surface area contributed by atoms with Crippen molar-refractivity contribution in [2.24, 2.45) is 5.73 Å². The molecule has 0 amide bonds. The Kier molecular flexibility index (Phi) is 6.77. The quantitative estimate of drug-likeness (QED) is 0.383. The zero-order valence-corrected chi connectivity index (χ0v) is 19.1. The fourth-order valence-corrected chi connectivity index (χ4v) is 4.42. The Bertz CT molecular complexity index is 1190. The number of aryl methyl sites for hydroxylation is 1. The van der Waals surface area contributed by atoms with E-state index in [1.807, 2.05) is 0 Å². The fraction of sp³-hybridized carbons (Fsp3) is 0.241. The minimum Gasteiger partial charge on any atom is -0.374 e. The van der Waals surface area contributed by atoms with Crippen LogP contribution in [0.3, 0.4) is 0 Å². The summed E-state index contributed by atoms with van der Waals surface area (Å²) in [5, 5.41) is 5.01. The molecule has 3 nitrogen and oxygen atoms in total. The number of H-pyrrole nitrogens is 1. The fourth-order valence-electron chi connectivity index (χ4n) is 4.42. The Hall–Kier alpha value is -3.30. The second kappa shape index (κ2) is 9.88. The molecular formula is C29H33N3. The molecule has 0 radical (unpaired) electrons. The van der Waals surface area contributed by atoms with Crippen LogP contribution in [0.25, 0.3) is 16.5 Å². The lowest BCUT2D eigenvalue weighted by molar-refractivity contribution is 0.736. The molecule has 32 heavy (non-hydrogen) atoms. The summed E-state index contributed by atoms with van der Waals surface area (Å²) >= 11 is 0. The number of fused-ring (bicyclic) bond motifs is 1. The van der Waals surface area contributed by atoms with Gasteiger partial charge in [0.05, 0.1) is 6.04 Å². The molecule has 0 aliphatic heterocycles. The van der Waals surface area contributed by atoms with E-state index in [-0.39, 0.29) is 6.04 Å². The first-order chi connectivity index (χ1) is 15.6. The lowest BCUT2D eigenvalue weighted by Crippen LogP contribution is -2.22. The van der Waals surface area contributed by atoms with Gasteiger partial charge >= 0.3 is 0 Å². The number of benzene rings is 2. The van der Waals surface area contributed by atoms with E-state index >= 15 is 0 Å². The van der Waals surface area contributed by atoms with Crippen LogP contribution in [0.15, 0.2) is 96.4 Å². The van der Waals surface area contributed by atoms with Gasteiger partial charge in [-0.3, -0.25) is 0 Å². The Morgan fingerprint density at radius 2 is 1.97 bits per heavy atom. The van der Waals surface area contributed by atoms with E-state index in [9.17, 15) is 0 Å². The highest BCUT2D eigenvalue weighted by atomic mass is 14.9. The number of rotatable bonds is 8. The van der Waals surface area contributed by atoms with Crippen molar-refractivity contribution in [3.05, 3.63) is 113 Å². The third-order valence-electron chi connectivity index (χ3n) is 6.19. The van der Waals surface area contributed by atoms with Crippen LogP contribution in [-0.2, 0) is 6.42 Å². The van der Waals surface area contributed by atoms with Crippen LogP contribution in [0.2, 0.25) is 0 Å². The topological polar surface area (TPSA) is 53.8 Å². The molecule has 1 aromatic heterocycles. The number of hydrogen-bond acceptors (Lipinski definition) is 2. The molecule has 0 spiro atoms. The molecule has 0 fully saturated rings. The minimum absolute atomic E-state index is 0.0277. The molecule has 3 heteroatoms. The van der Waals surface area contributed by atoms with Gasteiger partial charge in [-0.05, 0) is 74.1 Å². The predicted octanol–water partition coefficient (Wildman–Crippen LogP) is 6.58. The second-order valence-corrected chi connectivity index (χ2v) is 8.73. The van der Waals surface area contributed by atoms with Gasteiger partial charge in [-0.15, -0.1) is 0 Å². The first kappa shape index (κ1) is 21.9. The zero-order valence-electron chi connectivity index (χ0n) is 19.1. The Morgan fingerprint density at radius 3 is 2.75 bits per heavy atom. The molecule has 0 saturated carbocycles. The first-order valence-electron chi connectivity index (χ1n) is 11.4. The number of nitrogens with one attached hydrogen (secondary N) is 2. The number of nitrogens with two attached hydrogens (primary N) is 1. The standard InChI is InChI=1S/C29H33N3/c1-20-9-7-13-27(21(2)17-20)32-29(24-11-5-4-6-12-24)22(3)26-19-31-28-18-23(10-8-16-30)14-15-25(26)28/h4-7,9,11-15,18-19,29,31-32H,3,8,10,16-17,30H2,1-2H3. The summed E-state index contributed by atoms with van der Waals surface area (Å²) in [5.41, 5.74) is 15.4. The lowest BCUT2D eigenvalue weighted by atomic mass is 9.92. The highest BCUT2D eigenvalue weighted by molar-refractivity contribution is 5.93. The Morgan fingerprint density at radius 1 is 1.16 bits per heavy atom. The number of allylic oxidation sites excluding steroid dienone is 5. The molecule has 0 saturated heterocycles. The normalized spacial score (nSPS) is 14.9. The highest BCUT2D eigenvalue weighted by Crippen LogP contribution is 2.35. The maximum Gasteiger partial charge on any atom is 0.0768 e. The van der Waals surface area contributed by atoms with Crippen molar-refractivity contribution in [2.75, 3.05) is 6.54 Å². The number of aromatic nitrogens is 1. The third kappa shape index (κ3) is 4.79. The summed E-state index contributed by atoms with van der Waals surface area (Å²) in [6.45, 7) is 9.66. The minimum atomic E-state index is -0.0277. The van der Waals surface area contributed by atoms with E-state index in [1.54, 1.807) is 0 Å². The lowest BCUT2D eigenvalue weighted by Gasteiger charge is -2.24. The van der Waals surface area contributed by atoms with Crippen LogP contribution in [0.4, 0.5) is 0 Å². The van der Waals surface area contributed by atoms with Crippen molar-refractivity contribution in [1.29, 1.82) is 0 Å². The second-order valence-electron chi connectivity index (χ2n) is 8.73. The van der Waals surface area contributed by atoms with E-state index in [1.165, 1.54) is 27.7 Å². The van der Waals surface area contributed by atoms with Crippen molar-refractivity contribution in [3.63, 3.8) is 0 Å². The Balaban J connectivity index is 1.69. The smallest absolute Gasteiger partial charge is 0.0768 e. The van der Waals surface area contributed by atoms with Gasteiger partial charge in [-0.2, -0.15) is 0 Å². The highest BCUT2D eigenvalue weighted by Gasteiger charge is 2.20. The van der Waals surface area contributed by atoms with Gasteiger partial charge < -0.3 is 16.0 Å². The summed E-state index contributed by atoms with van der Waals surface area (Å²) < 4.78 is 0. The summed E-state index contributed by atoms with van der Waals surface area (Å²) in [6.07, 6.45) is 11.6. The van der Waals surface area contributed by atoms with E-state index in [0.29, 0.717) is 6.54 Å². The average Bonchev–Trinajstić information content (AvgIpc) is 3.15. The molecule has 2 aromatic carbocycles. The van der Waals surface area contributed by atoms with Crippen molar-refractivity contribution in [3.8, 4) is 0 Å². The SMILES string of the molecule is C=C(c1c[nH]c2cc(CCCN)ccc12)C(NC1=C(C)CC(C)=CC=C1)c1ccccc1. The maximum atomic E-state index is 5.69. The Labute approximate surface area is 191 Å². The molecule has 1 heterocycles. The predicted molar refractivity (Wildman–Crippen MR) is 137 cm³/mol. The van der Waals surface area contributed by atoms with Gasteiger partial charge in [0.2, 0.25) is 0 Å². The molecule has 0 bridgehead atoms. The van der Waals surface area contributed by atoms with Crippen molar-refractivity contribution >= 4 is 16.5 Å². The van der Waals surface area contributed by atoms with Gasteiger partial charge in [-0.25, -0.2) is 0 Å². The molecule has 1 aliphatic carbocycles. The maximum absolute atomic E-state index is 5.69. The van der Waals surface area contributed by atoms with Gasteiger partial charge in [0, 0.05) is 28.4 Å². The molecule has 4 N–H and O–H groups in total. The molecule has 1 unspecified atom stereocenters. The van der Waals surface area contributed by atoms with Crippen LogP contribution in [0.1, 0.15) is 49.4 Å². The largest absolute Gasteiger partial charge is 0.374 e. The van der Waals surface area contributed by atoms with Crippen LogP contribution in [-0.4, -0.2) is 11.5 Å². The van der Waals surface area contributed by atoms with Gasteiger partial charge in [0.1, 0.15) is 0 Å². The average molecular weight is 424 g/mol. The summed E-state index contributed by atoms with van der Waals surface area (Å²) in [5.74, 6) is 0. The van der Waals surface area contributed by atoms with Crippen molar-refractivity contribution < 1.29 is 0 Å². The zero-order chi connectivity index (χ0) is 22.5. The molecule has 4 rings (SSSR count). The van der Waals surface area contributed by atoms with Gasteiger partial charge in [0.15, 0.2) is 0 Å². The van der Waals surface area contributed by atoms with Crippen LogP contribution in [0, 0.1) is 0 Å². The van der Waals surface area contributed by atoms with Crippen LogP contribution in [0.5, 0.6) is 0 Å². The molecule has 1 aliphatic rings. The summed E-state index contributed by atoms with van der Waals surface area (Å²) in [4.78, 5) is 3.47. The molecule has 1 atom stereocenters. The third-order valence-corrected chi connectivity index (χ3v) is 6.19. The molecule has 164 valence electrons. The van der Waals surface area contributed by atoms with E-state index in [2.05, 4.69) is 104 Å². The van der Waals surface area contributed by atoms with Crippen LogP contribution < -0.4 is 11.1 Å². The van der Waals surface area contributed by atoms with E-state index in [4.69, 9.17) is 5.73 Å². The van der Waals surface area contributed by atoms with Crippen molar-refractivity contribution in [2.45, 2.75) is 39.2 Å². The van der Waals surface area contributed by atoms with Gasteiger partial charge in [0.25, 0.3) is 0 Å². The molecule has 3 aromatic rings. The van der Waals surface area contributed by atoms with Crippen LogP contribution >= 0.6 is 0 Å². The van der Waals surface area contributed by atoms with Crippen molar-refractivity contribution in [1.82, 2.24) is 10.3 Å². The van der Waals surface area contributed by atoms with E-state index in [0.717, 1.165) is 41.6 Å².